The molecule has 1 atom stereocenters. The summed E-state index contributed by atoms with van der Waals surface area (Å²) in [6, 6.07) is 12.4. The molecule has 2 heterocycles. The number of halogens is 1. The molecule has 4 nitrogen and oxygen atoms in total. The van der Waals surface area contributed by atoms with Crippen molar-refractivity contribution in [2.75, 3.05) is 13.6 Å². The molecular weight excluding hydrogens is 320 g/mol. The number of pyridine rings is 1. The van der Waals surface area contributed by atoms with Crippen molar-refractivity contribution >= 4 is 17.6 Å². The van der Waals surface area contributed by atoms with Gasteiger partial charge in [0.15, 0.2) is 5.96 Å². The molecule has 2 N–H and O–H groups in total. The highest BCUT2D eigenvalue weighted by atomic mass is 35.5. The van der Waals surface area contributed by atoms with Gasteiger partial charge in [0, 0.05) is 19.8 Å². The minimum absolute atomic E-state index is 0.0768. The minimum Gasteiger partial charge on any atom is -0.370 e. The summed E-state index contributed by atoms with van der Waals surface area (Å²) in [5, 5.41) is 0.515. The summed E-state index contributed by atoms with van der Waals surface area (Å²) in [5.74, 6) is 0.643. The molecule has 1 unspecified atom stereocenters. The fourth-order valence-corrected chi connectivity index (χ4v) is 3.20. The smallest absolute Gasteiger partial charge is 0.191 e. The van der Waals surface area contributed by atoms with Crippen molar-refractivity contribution in [2.45, 2.75) is 31.7 Å². The standard InChI is InChI=1S/C19H23ClN4/c1-19(9-11-24(2)18(21)23-19)8-6-14-4-3-5-15(12-14)16-7-10-22-17(20)13-16/h3-5,7,10,12-13H,6,8-9,11H2,1-2H3,(H2,21,23). The van der Waals surface area contributed by atoms with Crippen molar-refractivity contribution in [3.05, 3.63) is 53.3 Å². The molecule has 1 aromatic carbocycles. The molecule has 2 aromatic rings. The summed E-state index contributed by atoms with van der Waals surface area (Å²) in [6.07, 6.45) is 4.73. The van der Waals surface area contributed by atoms with Crippen LogP contribution < -0.4 is 5.73 Å². The predicted molar refractivity (Wildman–Crippen MR) is 100 cm³/mol. The van der Waals surface area contributed by atoms with E-state index in [1.807, 2.05) is 24.1 Å². The first-order valence-electron chi connectivity index (χ1n) is 8.23. The fourth-order valence-electron chi connectivity index (χ4n) is 3.02. The number of aryl methyl sites for hydroxylation is 1. The van der Waals surface area contributed by atoms with Gasteiger partial charge in [-0.1, -0.05) is 35.9 Å². The summed E-state index contributed by atoms with van der Waals surface area (Å²) in [5.41, 5.74) is 9.47. The Kier molecular flexibility index (Phi) is 4.76. The maximum Gasteiger partial charge on any atom is 0.191 e. The van der Waals surface area contributed by atoms with E-state index < -0.39 is 0 Å². The lowest BCUT2D eigenvalue weighted by molar-refractivity contribution is 0.317. The highest BCUT2D eigenvalue weighted by Gasteiger charge is 2.28. The van der Waals surface area contributed by atoms with Crippen LogP contribution in [0.3, 0.4) is 0 Å². The van der Waals surface area contributed by atoms with Gasteiger partial charge in [0.2, 0.25) is 0 Å². The molecule has 24 heavy (non-hydrogen) atoms. The number of hydrogen-bond acceptors (Lipinski definition) is 4. The molecule has 0 bridgehead atoms. The molecule has 1 aliphatic rings. The Morgan fingerprint density at radius 3 is 2.79 bits per heavy atom. The largest absolute Gasteiger partial charge is 0.370 e. The van der Waals surface area contributed by atoms with E-state index in [1.165, 1.54) is 5.56 Å². The van der Waals surface area contributed by atoms with Crippen molar-refractivity contribution in [2.24, 2.45) is 10.7 Å². The van der Waals surface area contributed by atoms with E-state index >= 15 is 0 Å². The zero-order chi connectivity index (χ0) is 17.2. The predicted octanol–water partition coefficient (Wildman–Crippen LogP) is 3.74. The SMILES string of the molecule is CN1CCC(C)(CCc2cccc(-c3ccnc(Cl)c3)c2)N=C1N. The van der Waals surface area contributed by atoms with Crippen LogP contribution in [0.15, 0.2) is 47.6 Å². The molecule has 0 fully saturated rings. The van der Waals surface area contributed by atoms with Crippen LogP contribution >= 0.6 is 11.6 Å². The maximum absolute atomic E-state index is 6.00. The lowest BCUT2D eigenvalue weighted by Gasteiger charge is -2.34. The van der Waals surface area contributed by atoms with Gasteiger partial charge in [-0.25, -0.2) is 9.98 Å². The van der Waals surface area contributed by atoms with Gasteiger partial charge in [0.1, 0.15) is 5.15 Å². The van der Waals surface area contributed by atoms with Crippen LogP contribution in [0.1, 0.15) is 25.3 Å². The first kappa shape index (κ1) is 16.8. The van der Waals surface area contributed by atoms with Gasteiger partial charge in [-0.3, -0.25) is 0 Å². The fraction of sp³-hybridized carbons (Fsp3) is 0.368. The van der Waals surface area contributed by atoms with E-state index in [0.717, 1.165) is 36.9 Å². The number of nitrogens with two attached hydrogens (primary N) is 1. The number of aromatic nitrogens is 1. The molecule has 0 amide bonds. The third-order valence-corrected chi connectivity index (χ3v) is 4.91. The van der Waals surface area contributed by atoms with Crippen LogP contribution in [0.4, 0.5) is 0 Å². The zero-order valence-corrected chi connectivity index (χ0v) is 14.9. The molecule has 3 rings (SSSR count). The number of rotatable bonds is 4. The first-order chi connectivity index (χ1) is 11.5. The van der Waals surface area contributed by atoms with Crippen molar-refractivity contribution in [3.8, 4) is 11.1 Å². The Labute approximate surface area is 148 Å². The van der Waals surface area contributed by atoms with E-state index in [0.29, 0.717) is 11.1 Å². The third-order valence-electron chi connectivity index (χ3n) is 4.70. The Hall–Kier alpha value is -2.07. The lowest BCUT2D eigenvalue weighted by Crippen LogP contribution is -2.45. The molecule has 1 aromatic heterocycles. The van der Waals surface area contributed by atoms with Crippen LogP contribution in [0.5, 0.6) is 0 Å². The van der Waals surface area contributed by atoms with E-state index in [1.54, 1.807) is 6.20 Å². The highest BCUT2D eigenvalue weighted by Crippen LogP contribution is 2.28. The quantitative estimate of drug-likeness (QED) is 0.861. The van der Waals surface area contributed by atoms with Gasteiger partial charge in [0.25, 0.3) is 0 Å². The van der Waals surface area contributed by atoms with Crippen molar-refractivity contribution in [3.63, 3.8) is 0 Å². The summed E-state index contributed by atoms with van der Waals surface area (Å²) in [4.78, 5) is 10.7. The number of guanidine groups is 1. The number of nitrogens with zero attached hydrogens (tertiary/aromatic N) is 3. The maximum atomic E-state index is 6.00. The topological polar surface area (TPSA) is 54.5 Å². The molecule has 1 aliphatic heterocycles. The molecule has 0 aliphatic carbocycles. The second kappa shape index (κ2) is 6.81. The lowest BCUT2D eigenvalue weighted by atomic mass is 9.89. The van der Waals surface area contributed by atoms with E-state index in [2.05, 4.69) is 36.2 Å². The molecule has 0 saturated heterocycles. The molecule has 126 valence electrons. The normalized spacial score (nSPS) is 20.8. The van der Waals surface area contributed by atoms with Gasteiger partial charge < -0.3 is 10.6 Å². The average molecular weight is 343 g/mol. The Morgan fingerprint density at radius 2 is 2.04 bits per heavy atom. The highest BCUT2D eigenvalue weighted by molar-refractivity contribution is 6.29. The Bertz CT molecular complexity index is 759. The van der Waals surface area contributed by atoms with Gasteiger partial charge in [-0.15, -0.1) is 0 Å². The van der Waals surface area contributed by atoms with Crippen molar-refractivity contribution in [1.82, 2.24) is 9.88 Å². The average Bonchev–Trinajstić information content (AvgIpc) is 2.57. The first-order valence-corrected chi connectivity index (χ1v) is 8.60. The molecule has 0 spiro atoms. The van der Waals surface area contributed by atoms with Gasteiger partial charge >= 0.3 is 0 Å². The molecule has 5 heteroatoms. The number of hydrogen-bond donors (Lipinski definition) is 1. The molecular formula is C19H23ClN4. The summed E-state index contributed by atoms with van der Waals surface area (Å²) < 4.78 is 0. The molecule has 0 saturated carbocycles. The van der Waals surface area contributed by atoms with E-state index in [-0.39, 0.29) is 5.54 Å². The van der Waals surface area contributed by atoms with E-state index in [9.17, 15) is 0 Å². The Balaban J connectivity index is 1.74. The monoisotopic (exact) mass is 342 g/mol. The van der Waals surface area contributed by atoms with E-state index in [4.69, 9.17) is 22.3 Å². The van der Waals surface area contributed by atoms with Crippen LogP contribution in [-0.2, 0) is 6.42 Å². The second-order valence-corrected chi connectivity index (χ2v) is 7.09. The van der Waals surface area contributed by atoms with Crippen molar-refractivity contribution in [1.29, 1.82) is 0 Å². The van der Waals surface area contributed by atoms with Gasteiger partial charge in [0.05, 0.1) is 5.54 Å². The van der Waals surface area contributed by atoms with Crippen LogP contribution in [0.25, 0.3) is 11.1 Å². The number of aliphatic imine (C=N–C) groups is 1. The summed E-state index contributed by atoms with van der Waals surface area (Å²) in [6.45, 7) is 3.15. The van der Waals surface area contributed by atoms with Crippen LogP contribution in [0, 0.1) is 0 Å². The van der Waals surface area contributed by atoms with Crippen molar-refractivity contribution < 1.29 is 0 Å². The van der Waals surface area contributed by atoms with Crippen LogP contribution in [0.2, 0.25) is 5.15 Å². The minimum atomic E-state index is -0.0768. The summed E-state index contributed by atoms with van der Waals surface area (Å²) >= 11 is 6.00. The third kappa shape index (κ3) is 3.88. The zero-order valence-electron chi connectivity index (χ0n) is 14.2. The van der Waals surface area contributed by atoms with Gasteiger partial charge in [-0.05, 0) is 55.0 Å². The second-order valence-electron chi connectivity index (χ2n) is 6.71. The number of benzene rings is 1. The Morgan fingerprint density at radius 1 is 1.25 bits per heavy atom. The van der Waals surface area contributed by atoms with Gasteiger partial charge in [-0.2, -0.15) is 0 Å². The molecule has 0 radical (unpaired) electrons. The summed E-state index contributed by atoms with van der Waals surface area (Å²) in [7, 11) is 1.99. The van der Waals surface area contributed by atoms with Crippen LogP contribution in [-0.4, -0.2) is 35.0 Å².